The van der Waals surface area contributed by atoms with Crippen LogP contribution in [0.3, 0.4) is 0 Å². The molecule has 1 aliphatic rings. The number of hydrogen-bond acceptors (Lipinski definition) is 4. The van der Waals surface area contributed by atoms with E-state index < -0.39 is 0 Å². The number of aryl methyl sites for hydroxylation is 1. The predicted octanol–water partition coefficient (Wildman–Crippen LogP) is 0.977. The first kappa shape index (κ1) is 16.4. The van der Waals surface area contributed by atoms with Crippen molar-refractivity contribution in [2.24, 2.45) is 13.0 Å². The highest BCUT2D eigenvalue weighted by Gasteiger charge is 2.27. The van der Waals surface area contributed by atoms with Crippen LogP contribution >= 0.6 is 0 Å². The fourth-order valence-electron chi connectivity index (χ4n) is 3.08. The summed E-state index contributed by atoms with van der Waals surface area (Å²) >= 11 is 0. The number of likely N-dealkylation sites (tertiary alicyclic amines) is 1. The smallest absolute Gasteiger partial charge is 0.274 e. The summed E-state index contributed by atoms with van der Waals surface area (Å²) in [6.07, 6.45) is 1.87. The normalized spacial score (nSPS) is 17.2. The number of benzene rings is 1. The van der Waals surface area contributed by atoms with Crippen LogP contribution in [0, 0.1) is 5.92 Å². The van der Waals surface area contributed by atoms with Gasteiger partial charge in [0.15, 0.2) is 0 Å². The van der Waals surface area contributed by atoms with Gasteiger partial charge in [0, 0.05) is 26.2 Å². The average molecular weight is 327 g/mol. The molecule has 1 saturated heterocycles. The van der Waals surface area contributed by atoms with Crippen molar-refractivity contribution in [3.63, 3.8) is 0 Å². The molecule has 3 rings (SSSR count). The molecule has 24 heavy (non-hydrogen) atoms. The Balaban J connectivity index is 1.62. The SMILES string of the molecule is Cn1nc(C(=O)N2CC[C@@H](Cc3ccc(CO)cc3)C2)ccc1=O. The molecular formula is C18H21N3O3. The molecule has 0 bridgehead atoms. The Morgan fingerprint density at radius 2 is 1.92 bits per heavy atom. The monoisotopic (exact) mass is 327 g/mol. The maximum Gasteiger partial charge on any atom is 0.274 e. The lowest BCUT2D eigenvalue weighted by Gasteiger charge is -2.16. The van der Waals surface area contributed by atoms with Gasteiger partial charge in [-0.25, -0.2) is 4.68 Å². The molecule has 6 heteroatoms. The molecule has 1 aliphatic heterocycles. The minimum Gasteiger partial charge on any atom is -0.392 e. The molecule has 0 radical (unpaired) electrons. The van der Waals surface area contributed by atoms with Crippen molar-refractivity contribution >= 4 is 5.91 Å². The van der Waals surface area contributed by atoms with Gasteiger partial charge in [0.1, 0.15) is 5.69 Å². The minimum absolute atomic E-state index is 0.0541. The van der Waals surface area contributed by atoms with E-state index in [-0.39, 0.29) is 18.1 Å². The number of aliphatic hydroxyl groups is 1. The van der Waals surface area contributed by atoms with Crippen molar-refractivity contribution in [3.8, 4) is 0 Å². The Morgan fingerprint density at radius 1 is 1.21 bits per heavy atom. The van der Waals surface area contributed by atoms with Gasteiger partial charge < -0.3 is 10.0 Å². The van der Waals surface area contributed by atoms with Crippen LogP contribution in [0.1, 0.15) is 28.0 Å². The van der Waals surface area contributed by atoms with Gasteiger partial charge in [-0.05, 0) is 36.0 Å². The number of rotatable bonds is 4. The van der Waals surface area contributed by atoms with Crippen LogP contribution in [-0.2, 0) is 20.1 Å². The summed E-state index contributed by atoms with van der Waals surface area (Å²) in [6, 6.07) is 10.8. The lowest BCUT2D eigenvalue weighted by atomic mass is 9.98. The van der Waals surface area contributed by atoms with Crippen LogP contribution in [0.4, 0.5) is 0 Å². The second-order valence-electron chi connectivity index (χ2n) is 6.27. The first-order valence-corrected chi connectivity index (χ1v) is 8.09. The van der Waals surface area contributed by atoms with E-state index in [9.17, 15) is 9.59 Å². The molecule has 6 nitrogen and oxygen atoms in total. The molecule has 0 spiro atoms. The van der Waals surface area contributed by atoms with E-state index in [2.05, 4.69) is 5.10 Å². The van der Waals surface area contributed by atoms with E-state index in [1.165, 1.54) is 22.4 Å². The largest absolute Gasteiger partial charge is 0.392 e. The molecule has 1 aromatic carbocycles. The molecule has 1 atom stereocenters. The number of carbonyl (C=O) groups excluding carboxylic acids is 1. The fourth-order valence-corrected chi connectivity index (χ4v) is 3.08. The van der Waals surface area contributed by atoms with Crippen LogP contribution in [0.15, 0.2) is 41.2 Å². The predicted molar refractivity (Wildman–Crippen MR) is 89.6 cm³/mol. The Labute approximate surface area is 140 Å². The van der Waals surface area contributed by atoms with Crippen LogP contribution < -0.4 is 5.56 Å². The minimum atomic E-state index is -0.225. The van der Waals surface area contributed by atoms with Gasteiger partial charge in [-0.3, -0.25) is 9.59 Å². The fraction of sp³-hybridized carbons (Fsp3) is 0.389. The van der Waals surface area contributed by atoms with Crippen molar-refractivity contribution in [3.05, 3.63) is 63.6 Å². The van der Waals surface area contributed by atoms with Crippen LogP contribution in [0.5, 0.6) is 0 Å². The highest BCUT2D eigenvalue weighted by molar-refractivity contribution is 5.92. The van der Waals surface area contributed by atoms with E-state index in [4.69, 9.17) is 5.11 Å². The third-order valence-electron chi connectivity index (χ3n) is 4.48. The van der Waals surface area contributed by atoms with E-state index >= 15 is 0 Å². The molecule has 1 N–H and O–H groups in total. The third kappa shape index (κ3) is 3.54. The summed E-state index contributed by atoms with van der Waals surface area (Å²) in [5.41, 5.74) is 2.21. The topological polar surface area (TPSA) is 75.4 Å². The quantitative estimate of drug-likeness (QED) is 0.908. The van der Waals surface area contributed by atoms with Crippen molar-refractivity contribution in [2.45, 2.75) is 19.4 Å². The van der Waals surface area contributed by atoms with Crippen LogP contribution in [-0.4, -0.2) is 38.8 Å². The summed E-state index contributed by atoms with van der Waals surface area (Å²) < 4.78 is 1.18. The lowest BCUT2D eigenvalue weighted by molar-refractivity contribution is 0.0778. The second kappa shape index (κ2) is 6.97. The first-order valence-electron chi connectivity index (χ1n) is 8.09. The van der Waals surface area contributed by atoms with E-state index in [1.807, 2.05) is 24.3 Å². The molecule has 1 amide bonds. The van der Waals surface area contributed by atoms with Crippen LogP contribution in [0.2, 0.25) is 0 Å². The number of aliphatic hydroxyl groups excluding tert-OH is 1. The van der Waals surface area contributed by atoms with Gasteiger partial charge in [0.2, 0.25) is 0 Å². The van der Waals surface area contributed by atoms with E-state index in [0.29, 0.717) is 24.7 Å². The number of carbonyl (C=O) groups is 1. The summed E-state index contributed by atoms with van der Waals surface area (Å²) in [6.45, 7) is 1.46. The van der Waals surface area contributed by atoms with Gasteiger partial charge in [-0.15, -0.1) is 0 Å². The highest BCUT2D eigenvalue weighted by atomic mass is 16.3. The Hall–Kier alpha value is -2.47. The van der Waals surface area contributed by atoms with Gasteiger partial charge in [0.05, 0.1) is 6.61 Å². The standard InChI is InChI=1S/C18H21N3O3/c1-20-17(23)7-6-16(19-20)18(24)21-9-8-15(11-21)10-13-2-4-14(12-22)5-3-13/h2-7,15,22H,8-12H2,1H3/t15-/m0/s1. The van der Waals surface area contributed by atoms with Crippen molar-refractivity contribution in [1.82, 2.24) is 14.7 Å². The number of nitrogens with zero attached hydrogens (tertiary/aromatic N) is 3. The molecule has 2 aromatic rings. The average Bonchev–Trinajstić information content (AvgIpc) is 3.06. The van der Waals surface area contributed by atoms with Crippen molar-refractivity contribution < 1.29 is 9.90 Å². The zero-order valence-corrected chi connectivity index (χ0v) is 13.7. The molecule has 0 saturated carbocycles. The van der Waals surface area contributed by atoms with Gasteiger partial charge in [-0.1, -0.05) is 24.3 Å². The van der Waals surface area contributed by atoms with Gasteiger partial charge in [0.25, 0.3) is 11.5 Å². The maximum absolute atomic E-state index is 12.5. The van der Waals surface area contributed by atoms with Crippen LogP contribution in [0.25, 0.3) is 0 Å². The Morgan fingerprint density at radius 3 is 2.58 bits per heavy atom. The molecule has 2 heterocycles. The molecule has 1 aromatic heterocycles. The second-order valence-corrected chi connectivity index (χ2v) is 6.27. The zero-order valence-electron chi connectivity index (χ0n) is 13.7. The highest BCUT2D eigenvalue weighted by Crippen LogP contribution is 2.22. The summed E-state index contributed by atoms with van der Waals surface area (Å²) in [4.78, 5) is 25.7. The number of amides is 1. The summed E-state index contributed by atoms with van der Waals surface area (Å²) in [7, 11) is 1.54. The van der Waals surface area contributed by atoms with Crippen molar-refractivity contribution in [1.29, 1.82) is 0 Å². The summed E-state index contributed by atoms with van der Waals surface area (Å²) in [5, 5.41) is 13.1. The third-order valence-corrected chi connectivity index (χ3v) is 4.48. The zero-order chi connectivity index (χ0) is 17.1. The molecular weight excluding hydrogens is 306 g/mol. The molecule has 1 fully saturated rings. The van der Waals surface area contributed by atoms with Gasteiger partial charge in [-0.2, -0.15) is 5.10 Å². The Bertz CT molecular complexity index is 783. The Kier molecular flexibility index (Phi) is 4.76. The molecule has 0 unspecified atom stereocenters. The molecule has 126 valence electrons. The van der Waals surface area contributed by atoms with Crippen molar-refractivity contribution in [2.75, 3.05) is 13.1 Å². The number of aromatic nitrogens is 2. The van der Waals surface area contributed by atoms with Gasteiger partial charge >= 0.3 is 0 Å². The van der Waals surface area contributed by atoms with E-state index in [1.54, 1.807) is 11.9 Å². The van der Waals surface area contributed by atoms with E-state index in [0.717, 1.165) is 18.4 Å². The number of hydrogen-bond donors (Lipinski definition) is 1. The molecule has 0 aliphatic carbocycles. The summed E-state index contributed by atoms with van der Waals surface area (Å²) in [5.74, 6) is 0.296. The maximum atomic E-state index is 12.5. The first-order chi connectivity index (χ1) is 11.6. The lowest BCUT2D eigenvalue weighted by Crippen LogP contribution is -2.32.